The van der Waals surface area contributed by atoms with Crippen LogP contribution in [0.25, 0.3) is 26.7 Å². The van der Waals surface area contributed by atoms with Crippen LogP contribution in [0.1, 0.15) is 15.2 Å². The number of nitrogens with zero attached hydrogens (tertiary/aromatic N) is 1. The number of aryl methyl sites for hydroxylation is 1. The first kappa shape index (κ1) is 16.4. The van der Waals surface area contributed by atoms with Crippen LogP contribution >= 0.6 is 11.3 Å². The summed E-state index contributed by atoms with van der Waals surface area (Å²) in [6.07, 6.45) is 0. The molecule has 0 atom stereocenters. The van der Waals surface area contributed by atoms with E-state index < -0.39 is 5.97 Å². The van der Waals surface area contributed by atoms with Gasteiger partial charge in [0.05, 0.1) is 18.5 Å². The molecule has 0 saturated heterocycles. The van der Waals surface area contributed by atoms with Crippen LogP contribution in [0.2, 0.25) is 0 Å². The number of benzene rings is 2. The predicted molar refractivity (Wildman–Crippen MR) is 105 cm³/mol. The first-order valence-electron chi connectivity index (χ1n) is 8.04. The number of esters is 1. The Hall–Kier alpha value is -3.12. The third-order valence-electron chi connectivity index (χ3n) is 4.39. The number of anilines is 1. The highest BCUT2D eigenvalue weighted by molar-refractivity contribution is 7.21. The number of rotatable bonds is 2. The van der Waals surface area contributed by atoms with Crippen LogP contribution in [-0.2, 0) is 4.74 Å². The van der Waals surface area contributed by atoms with E-state index in [2.05, 4.69) is 0 Å². The molecule has 5 nitrogen and oxygen atoms in total. The van der Waals surface area contributed by atoms with E-state index in [4.69, 9.17) is 10.5 Å². The Labute approximate surface area is 153 Å². The molecule has 0 aliphatic heterocycles. The number of methoxy groups -OCH3 is 1. The minimum Gasteiger partial charge on any atom is -0.465 e. The van der Waals surface area contributed by atoms with E-state index in [1.165, 1.54) is 18.4 Å². The van der Waals surface area contributed by atoms with Gasteiger partial charge in [-0.15, -0.1) is 11.3 Å². The summed E-state index contributed by atoms with van der Waals surface area (Å²) in [7, 11) is 1.32. The summed E-state index contributed by atoms with van der Waals surface area (Å²) in [5, 5.41) is 2.00. The van der Waals surface area contributed by atoms with E-state index in [0.29, 0.717) is 26.2 Å². The first-order valence-corrected chi connectivity index (χ1v) is 8.85. The monoisotopic (exact) mass is 364 g/mol. The number of thiophene rings is 1. The van der Waals surface area contributed by atoms with Crippen LogP contribution in [0.3, 0.4) is 0 Å². The number of ether oxygens (including phenoxy) is 1. The quantitative estimate of drug-likeness (QED) is 0.548. The molecule has 4 rings (SSSR count). The van der Waals surface area contributed by atoms with Gasteiger partial charge >= 0.3 is 5.97 Å². The molecule has 0 saturated carbocycles. The Balaban J connectivity index is 2.25. The van der Waals surface area contributed by atoms with Gasteiger partial charge in [0.15, 0.2) is 0 Å². The average molecular weight is 364 g/mol. The fourth-order valence-electron chi connectivity index (χ4n) is 3.20. The lowest BCUT2D eigenvalue weighted by molar-refractivity contribution is 0.0607. The summed E-state index contributed by atoms with van der Waals surface area (Å²) >= 11 is 1.18. The van der Waals surface area contributed by atoms with Gasteiger partial charge in [-0.2, -0.15) is 0 Å². The van der Waals surface area contributed by atoms with Gasteiger partial charge in [-0.3, -0.25) is 9.36 Å². The van der Waals surface area contributed by atoms with Crippen molar-refractivity contribution < 1.29 is 9.53 Å². The van der Waals surface area contributed by atoms with E-state index in [1.807, 2.05) is 49.4 Å². The lowest BCUT2D eigenvalue weighted by Crippen LogP contribution is -2.18. The number of hydrogen-bond donors (Lipinski definition) is 1. The van der Waals surface area contributed by atoms with Crippen LogP contribution in [0.4, 0.5) is 5.69 Å². The second-order valence-corrected chi connectivity index (χ2v) is 7.04. The van der Waals surface area contributed by atoms with Crippen molar-refractivity contribution in [2.45, 2.75) is 6.92 Å². The molecule has 2 aromatic carbocycles. The van der Waals surface area contributed by atoms with Crippen molar-refractivity contribution in [1.29, 1.82) is 0 Å². The van der Waals surface area contributed by atoms with Crippen molar-refractivity contribution in [3.8, 4) is 5.69 Å². The number of carbonyl (C=O) groups is 1. The molecule has 0 amide bonds. The minimum absolute atomic E-state index is 0.142. The number of hydrogen-bond acceptors (Lipinski definition) is 5. The molecular weight excluding hydrogens is 348 g/mol. The van der Waals surface area contributed by atoms with Crippen LogP contribution in [-0.4, -0.2) is 17.6 Å². The zero-order valence-electron chi connectivity index (χ0n) is 14.3. The zero-order valence-corrected chi connectivity index (χ0v) is 15.1. The summed E-state index contributed by atoms with van der Waals surface area (Å²) in [5.74, 6) is -0.504. The molecule has 0 radical (unpaired) electrons. The van der Waals surface area contributed by atoms with Crippen molar-refractivity contribution in [2.75, 3.05) is 12.8 Å². The van der Waals surface area contributed by atoms with E-state index in [1.54, 1.807) is 10.6 Å². The SMILES string of the molecule is COC(=O)c1sc2c(c1N)c1ccccc1c(=O)n2-c1cccc(C)c1. The summed E-state index contributed by atoms with van der Waals surface area (Å²) in [6, 6.07) is 15.0. The second-order valence-electron chi connectivity index (χ2n) is 6.04. The fourth-order valence-corrected chi connectivity index (χ4v) is 4.37. The normalized spacial score (nSPS) is 11.2. The summed E-state index contributed by atoms with van der Waals surface area (Å²) < 4.78 is 6.48. The molecule has 0 bridgehead atoms. The molecular formula is C20H16N2O3S. The van der Waals surface area contributed by atoms with E-state index in [9.17, 15) is 9.59 Å². The minimum atomic E-state index is -0.504. The molecule has 0 aliphatic carbocycles. The third-order valence-corrected chi connectivity index (χ3v) is 5.56. The zero-order chi connectivity index (χ0) is 18.4. The molecule has 0 unspecified atom stereocenters. The summed E-state index contributed by atoms with van der Waals surface area (Å²) in [5.41, 5.74) is 8.28. The number of aromatic nitrogens is 1. The third kappa shape index (κ3) is 2.30. The lowest BCUT2D eigenvalue weighted by atomic mass is 10.1. The first-order chi connectivity index (χ1) is 12.5. The van der Waals surface area contributed by atoms with Gasteiger partial charge in [0.2, 0.25) is 0 Å². The molecule has 0 fully saturated rings. The van der Waals surface area contributed by atoms with Crippen molar-refractivity contribution >= 4 is 44.0 Å². The van der Waals surface area contributed by atoms with Crippen LogP contribution < -0.4 is 11.3 Å². The maximum Gasteiger partial charge on any atom is 0.350 e. The lowest BCUT2D eigenvalue weighted by Gasteiger charge is -2.11. The molecule has 2 aromatic heterocycles. The molecule has 26 heavy (non-hydrogen) atoms. The van der Waals surface area contributed by atoms with Gasteiger partial charge in [0.1, 0.15) is 9.71 Å². The van der Waals surface area contributed by atoms with E-state index >= 15 is 0 Å². The van der Waals surface area contributed by atoms with Gasteiger partial charge in [0.25, 0.3) is 5.56 Å². The highest BCUT2D eigenvalue weighted by atomic mass is 32.1. The Kier molecular flexibility index (Phi) is 3.77. The topological polar surface area (TPSA) is 74.3 Å². The van der Waals surface area contributed by atoms with Gasteiger partial charge < -0.3 is 10.5 Å². The Morgan fingerprint density at radius 1 is 1.12 bits per heavy atom. The largest absolute Gasteiger partial charge is 0.465 e. The molecule has 0 aliphatic rings. The van der Waals surface area contributed by atoms with Gasteiger partial charge in [-0.1, -0.05) is 30.3 Å². The van der Waals surface area contributed by atoms with Gasteiger partial charge in [-0.05, 0) is 36.1 Å². The Bertz CT molecular complexity index is 1240. The summed E-state index contributed by atoms with van der Waals surface area (Å²) in [6.45, 7) is 1.97. The molecule has 4 aromatic rings. The van der Waals surface area contributed by atoms with Crippen molar-refractivity contribution in [1.82, 2.24) is 4.57 Å². The van der Waals surface area contributed by atoms with Crippen molar-refractivity contribution in [3.63, 3.8) is 0 Å². The highest BCUT2D eigenvalue weighted by Gasteiger charge is 2.23. The van der Waals surface area contributed by atoms with Gasteiger partial charge in [0, 0.05) is 10.8 Å². The predicted octanol–water partition coefficient (Wildman–Crippen LogP) is 3.88. The van der Waals surface area contributed by atoms with E-state index in [0.717, 1.165) is 16.6 Å². The van der Waals surface area contributed by atoms with Gasteiger partial charge in [-0.25, -0.2) is 4.79 Å². The standard InChI is InChI=1S/C20H16N2O3S/c1-11-6-5-7-12(10-11)22-18(23)14-9-4-3-8-13(14)15-16(21)17(20(24)25-2)26-19(15)22/h3-10H,21H2,1-2H3. The Morgan fingerprint density at radius 2 is 1.85 bits per heavy atom. The number of carbonyl (C=O) groups excluding carboxylic acids is 1. The Morgan fingerprint density at radius 3 is 2.54 bits per heavy atom. The molecule has 130 valence electrons. The van der Waals surface area contributed by atoms with Crippen molar-refractivity contribution in [2.24, 2.45) is 0 Å². The van der Waals surface area contributed by atoms with Crippen molar-refractivity contribution in [3.05, 3.63) is 69.3 Å². The molecule has 2 heterocycles. The second kappa shape index (κ2) is 6.00. The van der Waals surface area contributed by atoms with Crippen LogP contribution in [0.15, 0.2) is 53.3 Å². The molecule has 6 heteroatoms. The smallest absolute Gasteiger partial charge is 0.350 e. The maximum absolute atomic E-state index is 13.2. The number of fused-ring (bicyclic) bond motifs is 3. The van der Waals surface area contributed by atoms with Crippen LogP contribution in [0, 0.1) is 6.92 Å². The van der Waals surface area contributed by atoms with Crippen LogP contribution in [0.5, 0.6) is 0 Å². The van der Waals surface area contributed by atoms with E-state index in [-0.39, 0.29) is 5.56 Å². The molecule has 2 N–H and O–H groups in total. The summed E-state index contributed by atoms with van der Waals surface area (Å²) in [4.78, 5) is 26.3. The molecule has 0 spiro atoms. The number of nitrogens with two attached hydrogens (primary N) is 1. The number of nitrogen functional groups attached to an aromatic ring is 1. The number of pyridine rings is 1. The maximum atomic E-state index is 13.2. The average Bonchev–Trinajstić information content (AvgIpc) is 2.98. The fraction of sp³-hybridized carbons (Fsp3) is 0.100. The highest BCUT2D eigenvalue weighted by Crippen LogP contribution is 2.38.